The SMILES string of the molecule is CC(C)(C)OC(=O)N(Cc1ccccc1)C1CCC(c2nccc3cnc(N[C@@H]4CCN(S(C)(=O)=O)C[C@H]4O)cc23)CC1. The van der Waals surface area contributed by atoms with E-state index < -0.39 is 21.7 Å². The van der Waals surface area contributed by atoms with Crippen LogP contribution < -0.4 is 5.32 Å². The normalized spacial score (nSPS) is 23.6. The van der Waals surface area contributed by atoms with E-state index in [0.717, 1.165) is 47.7 Å². The number of anilines is 1. The number of carbonyl (C=O) groups is 1. The predicted molar refractivity (Wildman–Crippen MR) is 167 cm³/mol. The Morgan fingerprint density at radius 1 is 1.09 bits per heavy atom. The van der Waals surface area contributed by atoms with Crippen molar-refractivity contribution in [1.82, 2.24) is 19.2 Å². The van der Waals surface area contributed by atoms with Gasteiger partial charge >= 0.3 is 6.09 Å². The zero-order valence-corrected chi connectivity index (χ0v) is 26.3. The molecule has 5 rings (SSSR count). The van der Waals surface area contributed by atoms with Gasteiger partial charge in [-0.2, -0.15) is 4.31 Å². The van der Waals surface area contributed by atoms with Gasteiger partial charge in [-0.05, 0) is 70.6 Å². The molecule has 2 N–H and O–H groups in total. The summed E-state index contributed by atoms with van der Waals surface area (Å²) in [5.41, 5.74) is 1.52. The van der Waals surface area contributed by atoms with Crippen molar-refractivity contribution < 1.29 is 23.1 Å². The largest absolute Gasteiger partial charge is 0.444 e. The number of piperidine rings is 1. The molecule has 0 radical (unpaired) electrons. The first-order valence-corrected chi connectivity index (χ1v) is 16.9. The average molecular weight is 610 g/mol. The predicted octanol–water partition coefficient (Wildman–Crippen LogP) is 4.90. The molecule has 1 saturated heterocycles. The number of pyridine rings is 2. The second-order valence-corrected chi connectivity index (χ2v) is 14.8. The van der Waals surface area contributed by atoms with Crippen LogP contribution in [0.1, 0.15) is 70.1 Å². The van der Waals surface area contributed by atoms with Crippen LogP contribution in [-0.2, 0) is 21.3 Å². The topological polar surface area (TPSA) is 125 Å². The molecule has 43 heavy (non-hydrogen) atoms. The molecular weight excluding hydrogens is 566 g/mol. The van der Waals surface area contributed by atoms with Crippen molar-refractivity contribution in [2.24, 2.45) is 0 Å². The number of aliphatic hydroxyl groups is 1. The van der Waals surface area contributed by atoms with E-state index in [2.05, 4.69) is 10.3 Å². The number of nitrogens with one attached hydrogen (secondary N) is 1. The number of nitrogens with zero attached hydrogens (tertiary/aromatic N) is 4. The first-order chi connectivity index (χ1) is 20.4. The number of sulfonamides is 1. The highest BCUT2D eigenvalue weighted by atomic mass is 32.2. The Morgan fingerprint density at radius 3 is 2.47 bits per heavy atom. The molecule has 2 aromatic heterocycles. The molecule has 1 aromatic carbocycles. The van der Waals surface area contributed by atoms with E-state index in [9.17, 15) is 18.3 Å². The molecule has 1 aliphatic carbocycles. The number of fused-ring (bicyclic) bond motifs is 1. The maximum absolute atomic E-state index is 13.3. The number of hydrogen-bond acceptors (Lipinski definition) is 8. The van der Waals surface area contributed by atoms with Gasteiger partial charge in [0.05, 0.1) is 24.1 Å². The molecule has 1 aliphatic heterocycles. The van der Waals surface area contributed by atoms with E-state index in [4.69, 9.17) is 9.72 Å². The molecule has 0 bridgehead atoms. The fourth-order valence-corrected chi connectivity index (χ4v) is 7.02. The molecule has 1 amide bonds. The molecule has 2 aliphatic rings. The first kappa shape index (κ1) is 31.2. The van der Waals surface area contributed by atoms with Gasteiger partial charge in [0, 0.05) is 54.8 Å². The molecule has 1 saturated carbocycles. The van der Waals surface area contributed by atoms with Crippen molar-refractivity contribution in [1.29, 1.82) is 0 Å². The van der Waals surface area contributed by atoms with Gasteiger partial charge in [0.2, 0.25) is 10.0 Å². The van der Waals surface area contributed by atoms with E-state index in [1.807, 2.05) is 80.5 Å². The summed E-state index contributed by atoms with van der Waals surface area (Å²) in [6.45, 7) is 6.60. The zero-order valence-electron chi connectivity index (χ0n) is 25.4. The lowest BCUT2D eigenvalue weighted by molar-refractivity contribution is 0.00918. The minimum Gasteiger partial charge on any atom is -0.444 e. The number of amides is 1. The van der Waals surface area contributed by atoms with Crippen molar-refractivity contribution in [3.63, 3.8) is 0 Å². The monoisotopic (exact) mass is 609 g/mol. The van der Waals surface area contributed by atoms with Crippen LogP contribution in [0.5, 0.6) is 0 Å². The molecule has 2 fully saturated rings. The van der Waals surface area contributed by atoms with Crippen molar-refractivity contribution in [2.45, 2.75) is 89.1 Å². The number of carbonyl (C=O) groups excluding carboxylic acids is 1. The summed E-state index contributed by atoms with van der Waals surface area (Å²) in [6.07, 6.45) is 7.63. The Bertz CT molecular complexity index is 1520. The molecule has 0 unspecified atom stereocenters. The van der Waals surface area contributed by atoms with Crippen LogP contribution in [0.2, 0.25) is 0 Å². The Labute approximate surface area is 254 Å². The highest BCUT2D eigenvalue weighted by Gasteiger charge is 2.34. The lowest BCUT2D eigenvalue weighted by Crippen LogP contribution is -2.51. The summed E-state index contributed by atoms with van der Waals surface area (Å²) in [5, 5.41) is 16.0. The Morgan fingerprint density at radius 2 is 1.81 bits per heavy atom. The summed E-state index contributed by atoms with van der Waals surface area (Å²) in [4.78, 5) is 24.6. The van der Waals surface area contributed by atoms with Gasteiger partial charge in [-0.15, -0.1) is 0 Å². The van der Waals surface area contributed by atoms with E-state index in [-0.39, 0.29) is 30.6 Å². The summed E-state index contributed by atoms with van der Waals surface area (Å²) >= 11 is 0. The second-order valence-electron chi connectivity index (χ2n) is 12.8. The third kappa shape index (κ3) is 7.82. The minimum atomic E-state index is -3.35. The summed E-state index contributed by atoms with van der Waals surface area (Å²) in [6, 6.07) is 13.7. The van der Waals surface area contributed by atoms with Gasteiger partial charge in [0.25, 0.3) is 0 Å². The third-order valence-electron chi connectivity index (χ3n) is 8.37. The number of rotatable bonds is 7. The first-order valence-electron chi connectivity index (χ1n) is 15.1. The average Bonchev–Trinajstić information content (AvgIpc) is 2.96. The lowest BCUT2D eigenvalue weighted by atomic mass is 9.82. The molecule has 10 nitrogen and oxygen atoms in total. The molecular formula is C32H43N5O5S. The molecule has 2 atom stereocenters. The number of ether oxygens (including phenoxy) is 1. The van der Waals surface area contributed by atoms with Crippen molar-refractivity contribution in [3.8, 4) is 0 Å². The van der Waals surface area contributed by atoms with E-state index >= 15 is 0 Å². The number of β-amino-alcohol motifs (C(OH)–C–C–N with tert-alkyl or cyclic N) is 1. The van der Waals surface area contributed by atoms with Gasteiger partial charge in [0.1, 0.15) is 11.4 Å². The summed E-state index contributed by atoms with van der Waals surface area (Å²) in [7, 11) is -3.35. The summed E-state index contributed by atoms with van der Waals surface area (Å²) in [5.74, 6) is 0.863. The number of aromatic nitrogens is 2. The zero-order chi connectivity index (χ0) is 30.8. The maximum Gasteiger partial charge on any atom is 0.410 e. The van der Waals surface area contributed by atoms with Gasteiger partial charge in [-0.1, -0.05) is 30.3 Å². The van der Waals surface area contributed by atoms with Crippen LogP contribution in [0.4, 0.5) is 10.6 Å². The smallest absolute Gasteiger partial charge is 0.410 e. The molecule has 11 heteroatoms. The Balaban J connectivity index is 1.30. The van der Waals surface area contributed by atoms with Crippen molar-refractivity contribution in [3.05, 3.63) is 66.1 Å². The third-order valence-corrected chi connectivity index (χ3v) is 9.64. The Hall–Kier alpha value is -3.28. The van der Waals surface area contributed by atoms with Crippen LogP contribution >= 0.6 is 0 Å². The van der Waals surface area contributed by atoms with E-state index in [1.165, 1.54) is 10.6 Å². The maximum atomic E-state index is 13.3. The molecule has 232 valence electrons. The van der Waals surface area contributed by atoms with E-state index in [1.54, 1.807) is 0 Å². The fraction of sp³-hybridized carbons (Fsp3) is 0.531. The lowest BCUT2D eigenvalue weighted by Gasteiger charge is -2.38. The van der Waals surface area contributed by atoms with E-state index in [0.29, 0.717) is 25.3 Å². The van der Waals surface area contributed by atoms with Crippen molar-refractivity contribution >= 4 is 32.7 Å². The van der Waals surface area contributed by atoms with Crippen LogP contribution in [0.15, 0.2) is 54.9 Å². The standard InChI is InChI=1S/C32H43N5O5S/c1-32(2,3)42-31(39)37(20-22-8-6-5-7-9-22)25-12-10-23(11-13-25)30-26-18-29(34-19-24(26)14-16-33-30)35-27-15-17-36(21-28(27)38)43(4,40)41/h5-9,14,16,18-19,23,25,27-28,38H,10-13,15,17,20-21H2,1-4H3,(H,34,35)/t23?,25?,27-,28-/m1/s1. The quantitative estimate of drug-likeness (QED) is 0.388. The van der Waals surface area contributed by atoms with Crippen LogP contribution in [0, 0.1) is 0 Å². The molecule has 3 heterocycles. The van der Waals surface area contributed by atoms with Gasteiger partial charge in [-0.3, -0.25) is 4.98 Å². The van der Waals surface area contributed by atoms with Crippen LogP contribution in [0.3, 0.4) is 0 Å². The highest BCUT2D eigenvalue weighted by molar-refractivity contribution is 7.88. The number of aliphatic hydroxyl groups excluding tert-OH is 1. The fourth-order valence-electron chi connectivity index (χ4n) is 6.16. The Kier molecular flexibility index (Phi) is 9.24. The summed E-state index contributed by atoms with van der Waals surface area (Å²) < 4.78 is 30.9. The van der Waals surface area contributed by atoms with Crippen LogP contribution in [-0.4, -0.2) is 81.9 Å². The molecule has 3 aromatic rings. The number of benzene rings is 1. The minimum absolute atomic E-state index is 0.0602. The van der Waals surface area contributed by atoms with Crippen molar-refractivity contribution in [2.75, 3.05) is 24.7 Å². The number of hydrogen-bond donors (Lipinski definition) is 2. The highest BCUT2D eigenvalue weighted by Crippen LogP contribution is 2.38. The van der Waals surface area contributed by atoms with Gasteiger partial charge in [0.15, 0.2) is 0 Å². The van der Waals surface area contributed by atoms with Gasteiger partial charge < -0.3 is 20.1 Å². The molecule has 0 spiro atoms. The second kappa shape index (κ2) is 12.8. The van der Waals surface area contributed by atoms with Gasteiger partial charge in [-0.25, -0.2) is 18.2 Å². The van der Waals surface area contributed by atoms with Crippen LogP contribution in [0.25, 0.3) is 10.8 Å².